The molecule has 2 fully saturated rings. The van der Waals surface area contributed by atoms with E-state index < -0.39 is 37.9 Å². The number of nitrogens with zero attached hydrogens (tertiary/aromatic N) is 4. The Morgan fingerprint density at radius 3 is 3.00 bits per heavy atom. The van der Waals surface area contributed by atoms with Gasteiger partial charge in [0.2, 0.25) is 5.95 Å². The predicted octanol–water partition coefficient (Wildman–Crippen LogP) is 2.38. The van der Waals surface area contributed by atoms with E-state index in [1.165, 1.54) is 13.3 Å². The lowest BCUT2D eigenvalue weighted by atomic mass is 9.98. The van der Waals surface area contributed by atoms with Crippen LogP contribution in [0.3, 0.4) is 0 Å². The van der Waals surface area contributed by atoms with Crippen molar-refractivity contribution in [3.63, 3.8) is 0 Å². The van der Waals surface area contributed by atoms with Crippen LogP contribution < -0.4 is 16.4 Å². The van der Waals surface area contributed by atoms with Crippen LogP contribution in [0.1, 0.15) is 40.3 Å². The molecule has 2 aliphatic rings. The average Bonchev–Trinajstić information content (AvgIpc) is 3.17. The lowest BCUT2D eigenvalue weighted by Crippen LogP contribution is -2.45. The van der Waals surface area contributed by atoms with Crippen LogP contribution in [0.15, 0.2) is 6.33 Å². The van der Waals surface area contributed by atoms with Crippen LogP contribution in [-0.4, -0.2) is 56.6 Å². The van der Waals surface area contributed by atoms with Gasteiger partial charge in [-0.25, -0.2) is 13.9 Å². The molecule has 166 valence electrons. The van der Waals surface area contributed by atoms with Gasteiger partial charge < -0.3 is 11.1 Å². The van der Waals surface area contributed by atoms with Crippen molar-refractivity contribution in [1.82, 2.24) is 24.8 Å². The van der Waals surface area contributed by atoms with Crippen molar-refractivity contribution in [2.24, 2.45) is 0 Å². The largest absolute Gasteiger partial charge is 0.475 e. The van der Waals surface area contributed by atoms with Gasteiger partial charge in [-0.05, 0) is 27.2 Å². The van der Waals surface area contributed by atoms with Crippen LogP contribution in [0.5, 0.6) is 0 Å². The minimum Gasteiger partial charge on any atom is -0.368 e. The molecule has 0 spiro atoms. The second-order valence-electron chi connectivity index (χ2n) is 7.93. The van der Waals surface area contributed by atoms with Crippen LogP contribution in [-0.2, 0) is 18.1 Å². The Labute approximate surface area is 173 Å². The summed E-state index contributed by atoms with van der Waals surface area (Å²) in [5.41, 5.74) is 4.77. The molecule has 1 unspecified atom stereocenters. The number of nitrogens with one attached hydrogen (secondary N) is 2. The highest BCUT2D eigenvalue weighted by Crippen LogP contribution is 2.58. The van der Waals surface area contributed by atoms with Crippen molar-refractivity contribution >= 4 is 30.8 Å². The summed E-state index contributed by atoms with van der Waals surface area (Å²) in [6, 6.07) is -0.530. The van der Waals surface area contributed by atoms with Crippen molar-refractivity contribution in [2.75, 3.05) is 24.2 Å². The molecule has 2 aliphatic heterocycles. The van der Waals surface area contributed by atoms with Crippen molar-refractivity contribution in [3.05, 3.63) is 6.33 Å². The average molecular weight is 443 g/mol. The summed E-state index contributed by atoms with van der Waals surface area (Å²) in [4.78, 5) is 12.8. The molecule has 0 saturated carbocycles. The number of nitrogens with two attached hydrogens (primary N) is 1. The number of fused-ring (bicyclic) bond motifs is 2. The maximum absolute atomic E-state index is 16.0. The Balaban J connectivity index is 1.68. The molecule has 2 saturated heterocycles. The third-order valence-corrected chi connectivity index (χ3v) is 6.71. The van der Waals surface area contributed by atoms with E-state index in [4.69, 9.17) is 19.3 Å². The van der Waals surface area contributed by atoms with Gasteiger partial charge in [-0.15, -0.1) is 0 Å². The smallest absolute Gasteiger partial charge is 0.368 e. The number of alkyl halides is 1. The molecular formula is C17H27FN7O4P. The Morgan fingerprint density at radius 1 is 1.53 bits per heavy atom. The molecule has 30 heavy (non-hydrogen) atoms. The molecule has 0 aliphatic carbocycles. The standard InChI is InChI=1S/C17H27FN7O4P/c1-5-6-20-13-11-14(24-16(19)23-13)25(8-21-11)15-17(4,18)12-10(22-15)7-27-30(26,29-12)28-9(2)3/h8-10,12,15,22H,5-7H2,1-4H3,(H3,19,20,23,24)/t10-,12-,15+,17-,30?/m1/s1. The van der Waals surface area contributed by atoms with E-state index in [1.54, 1.807) is 18.4 Å². The van der Waals surface area contributed by atoms with E-state index in [1.807, 2.05) is 6.92 Å². The Hall–Kier alpha value is -1.85. The van der Waals surface area contributed by atoms with Crippen molar-refractivity contribution < 1.29 is 22.5 Å². The Morgan fingerprint density at radius 2 is 2.30 bits per heavy atom. The van der Waals surface area contributed by atoms with Crippen LogP contribution in [0.2, 0.25) is 0 Å². The van der Waals surface area contributed by atoms with E-state index in [0.29, 0.717) is 23.5 Å². The molecule has 4 heterocycles. The van der Waals surface area contributed by atoms with Gasteiger partial charge in [0.25, 0.3) is 0 Å². The van der Waals surface area contributed by atoms with Gasteiger partial charge in [0.15, 0.2) is 22.7 Å². The number of hydrogen-bond acceptors (Lipinski definition) is 10. The third-order valence-electron chi connectivity index (χ3n) is 5.08. The molecule has 11 nitrogen and oxygen atoms in total. The molecular weight excluding hydrogens is 416 g/mol. The number of aromatic nitrogens is 4. The number of nitrogen functional groups attached to an aromatic ring is 1. The molecule has 4 rings (SSSR count). The number of phosphoric acid groups is 1. The first-order valence-corrected chi connectivity index (χ1v) is 11.4. The molecule has 0 amide bonds. The van der Waals surface area contributed by atoms with Crippen LogP contribution in [0.25, 0.3) is 11.2 Å². The number of hydrogen-bond donors (Lipinski definition) is 3. The zero-order valence-corrected chi connectivity index (χ0v) is 18.2. The quantitative estimate of drug-likeness (QED) is 0.570. The van der Waals surface area contributed by atoms with Gasteiger partial charge in [0, 0.05) is 6.54 Å². The predicted molar refractivity (Wildman–Crippen MR) is 109 cm³/mol. The zero-order chi connectivity index (χ0) is 21.7. The fraction of sp³-hybridized carbons (Fsp3) is 0.706. The molecule has 0 bridgehead atoms. The van der Waals surface area contributed by atoms with Crippen LogP contribution >= 0.6 is 7.82 Å². The lowest BCUT2D eigenvalue weighted by molar-refractivity contribution is -0.0458. The highest BCUT2D eigenvalue weighted by atomic mass is 31.2. The number of anilines is 2. The van der Waals surface area contributed by atoms with Crippen molar-refractivity contribution in [2.45, 2.75) is 64.2 Å². The topological polar surface area (TPSA) is 138 Å². The highest BCUT2D eigenvalue weighted by molar-refractivity contribution is 7.48. The number of rotatable bonds is 6. The van der Waals surface area contributed by atoms with E-state index in [2.05, 4.69) is 25.6 Å². The summed E-state index contributed by atoms with van der Waals surface area (Å²) >= 11 is 0. The summed E-state index contributed by atoms with van der Waals surface area (Å²) in [5.74, 6) is 0.539. The molecule has 4 N–H and O–H groups in total. The second-order valence-corrected chi connectivity index (χ2v) is 9.51. The number of imidazole rings is 1. The minimum atomic E-state index is -3.86. The van der Waals surface area contributed by atoms with Gasteiger partial charge in [0.1, 0.15) is 12.3 Å². The van der Waals surface area contributed by atoms with Gasteiger partial charge in [0.05, 0.1) is 25.1 Å². The highest BCUT2D eigenvalue weighted by Gasteiger charge is 2.60. The first kappa shape index (κ1) is 21.4. The fourth-order valence-electron chi connectivity index (χ4n) is 3.81. The normalized spacial score (nSPS) is 33.9. The van der Waals surface area contributed by atoms with Gasteiger partial charge in [-0.1, -0.05) is 6.92 Å². The summed E-state index contributed by atoms with van der Waals surface area (Å²) in [5, 5.41) is 6.31. The summed E-state index contributed by atoms with van der Waals surface area (Å²) < 4.78 is 46.5. The first-order chi connectivity index (χ1) is 14.1. The first-order valence-electron chi connectivity index (χ1n) is 9.95. The van der Waals surface area contributed by atoms with Gasteiger partial charge in [-0.2, -0.15) is 9.97 Å². The summed E-state index contributed by atoms with van der Waals surface area (Å²) in [6.45, 7) is 7.48. The maximum atomic E-state index is 16.0. The molecule has 0 radical (unpaired) electrons. The zero-order valence-electron chi connectivity index (χ0n) is 17.3. The van der Waals surface area contributed by atoms with Crippen molar-refractivity contribution in [3.8, 4) is 0 Å². The molecule has 13 heteroatoms. The van der Waals surface area contributed by atoms with Gasteiger partial charge in [-0.3, -0.25) is 23.5 Å². The molecule has 5 atom stereocenters. The van der Waals surface area contributed by atoms with E-state index in [9.17, 15) is 4.57 Å². The minimum absolute atomic E-state index is 0.0161. The lowest BCUT2D eigenvalue weighted by Gasteiger charge is -2.35. The second kappa shape index (κ2) is 7.69. The maximum Gasteiger partial charge on any atom is 0.475 e. The van der Waals surface area contributed by atoms with E-state index in [0.717, 1.165) is 6.42 Å². The summed E-state index contributed by atoms with van der Waals surface area (Å²) in [6.07, 6.45) is 0.0242. The van der Waals surface area contributed by atoms with Gasteiger partial charge >= 0.3 is 7.82 Å². The van der Waals surface area contributed by atoms with E-state index >= 15 is 4.39 Å². The Kier molecular flexibility index (Phi) is 5.48. The third kappa shape index (κ3) is 3.67. The van der Waals surface area contributed by atoms with Crippen LogP contribution in [0, 0.1) is 0 Å². The molecule has 2 aromatic heterocycles. The summed E-state index contributed by atoms with van der Waals surface area (Å²) in [7, 11) is -3.86. The van der Waals surface area contributed by atoms with E-state index in [-0.39, 0.29) is 12.6 Å². The van der Waals surface area contributed by atoms with Crippen molar-refractivity contribution in [1.29, 1.82) is 0 Å². The molecule has 0 aromatic carbocycles. The fourth-order valence-corrected chi connectivity index (χ4v) is 5.47. The molecule has 2 aromatic rings. The number of phosphoric ester groups is 1. The Bertz CT molecular complexity index is 984. The SMILES string of the molecule is CCCNc1nc(N)nc2c1ncn2[C@@H]1N[C@@H]2COP(=O)(OC(C)C)O[C@H]2[C@@]1(C)F. The number of halogens is 1. The monoisotopic (exact) mass is 443 g/mol. The van der Waals surface area contributed by atoms with Crippen LogP contribution in [0.4, 0.5) is 16.2 Å².